The summed E-state index contributed by atoms with van der Waals surface area (Å²) in [6.07, 6.45) is 6.03. The first-order valence-corrected chi connectivity index (χ1v) is 14.4. The van der Waals surface area contributed by atoms with Gasteiger partial charge in [0, 0.05) is 35.7 Å². The molecule has 7 nitrogen and oxygen atoms in total. The molecule has 1 N–H and O–H groups in total. The molecular weight excluding hydrogens is 496 g/mol. The summed E-state index contributed by atoms with van der Waals surface area (Å²) in [5, 5.41) is 3.46. The highest BCUT2D eigenvalue weighted by atomic mass is 32.2. The SMILES string of the molecule is CC(C)(SC1CCCCC1)c1cc(N2CCOCC2)nc(-c2ccc(NC(=O)Oc3ccccc3)cc2)n1. The Kier molecular flexibility index (Phi) is 8.49. The highest BCUT2D eigenvalue weighted by Gasteiger charge is 2.30. The van der Waals surface area contributed by atoms with Crippen molar-refractivity contribution in [2.75, 3.05) is 36.5 Å². The summed E-state index contributed by atoms with van der Waals surface area (Å²) in [5.41, 5.74) is 2.60. The average molecular weight is 533 g/mol. The van der Waals surface area contributed by atoms with Gasteiger partial charge in [-0.25, -0.2) is 14.8 Å². The van der Waals surface area contributed by atoms with Crippen molar-refractivity contribution >= 4 is 29.4 Å². The molecule has 2 fully saturated rings. The molecule has 2 aliphatic rings. The predicted octanol–water partition coefficient (Wildman–Crippen LogP) is 6.89. The van der Waals surface area contributed by atoms with Crippen molar-refractivity contribution in [3.8, 4) is 17.1 Å². The number of benzene rings is 2. The fourth-order valence-electron chi connectivity index (χ4n) is 4.93. The average Bonchev–Trinajstić information content (AvgIpc) is 2.94. The minimum atomic E-state index is -0.529. The van der Waals surface area contributed by atoms with Gasteiger partial charge in [0.1, 0.15) is 11.6 Å². The summed E-state index contributed by atoms with van der Waals surface area (Å²) >= 11 is 2.05. The number of nitrogens with zero attached hydrogens (tertiary/aromatic N) is 3. The Labute approximate surface area is 229 Å². The van der Waals surface area contributed by atoms with Gasteiger partial charge in [0.15, 0.2) is 5.82 Å². The van der Waals surface area contributed by atoms with E-state index in [9.17, 15) is 4.79 Å². The summed E-state index contributed by atoms with van der Waals surface area (Å²) in [6, 6.07) is 18.8. The molecule has 1 aromatic heterocycles. The molecule has 1 amide bonds. The summed E-state index contributed by atoms with van der Waals surface area (Å²) in [6.45, 7) is 7.61. The van der Waals surface area contributed by atoms with Crippen LogP contribution in [0.15, 0.2) is 60.7 Å². The summed E-state index contributed by atoms with van der Waals surface area (Å²) in [4.78, 5) is 24.6. The van der Waals surface area contributed by atoms with Crippen molar-refractivity contribution in [1.29, 1.82) is 0 Å². The lowest BCUT2D eigenvalue weighted by Crippen LogP contribution is -2.37. The van der Waals surface area contributed by atoms with Crippen molar-refractivity contribution in [3.05, 3.63) is 66.4 Å². The maximum atomic E-state index is 12.3. The zero-order chi connectivity index (χ0) is 26.4. The lowest BCUT2D eigenvalue weighted by Gasteiger charge is -2.33. The van der Waals surface area contributed by atoms with Crippen LogP contribution in [-0.4, -0.2) is 47.6 Å². The van der Waals surface area contributed by atoms with Crippen molar-refractivity contribution in [1.82, 2.24) is 9.97 Å². The first-order chi connectivity index (χ1) is 18.5. The van der Waals surface area contributed by atoms with Crippen molar-refractivity contribution in [2.45, 2.75) is 55.9 Å². The normalized spacial score (nSPS) is 16.7. The molecule has 0 spiro atoms. The number of nitrogens with one attached hydrogen (secondary N) is 1. The molecule has 200 valence electrons. The Balaban J connectivity index is 1.37. The number of rotatable bonds is 7. The Bertz CT molecular complexity index is 1210. The van der Waals surface area contributed by atoms with Gasteiger partial charge in [-0.05, 0) is 63.1 Å². The quantitative estimate of drug-likeness (QED) is 0.355. The van der Waals surface area contributed by atoms with E-state index < -0.39 is 6.09 Å². The smallest absolute Gasteiger partial charge is 0.410 e. The van der Waals surface area contributed by atoms with Crippen LogP contribution in [-0.2, 0) is 9.48 Å². The second-order valence-electron chi connectivity index (χ2n) is 10.3. The van der Waals surface area contributed by atoms with Gasteiger partial charge in [-0.2, -0.15) is 0 Å². The van der Waals surface area contributed by atoms with Gasteiger partial charge in [-0.3, -0.25) is 5.32 Å². The molecule has 0 bridgehead atoms. The molecule has 1 aliphatic carbocycles. The molecule has 2 aromatic carbocycles. The van der Waals surface area contributed by atoms with Crippen LogP contribution in [0.3, 0.4) is 0 Å². The van der Waals surface area contributed by atoms with Gasteiger partial charge < -0.3 is 14.4 Å². The van der Waals surface area contributed by atoms with Crippen molar-refractivity contribution in [3.63, 3.8) is 0 Å². The maximum absolute atomic E-state index is 12.3. The van der Waals surface area contributed by atoms with Crippen LogP contribution in [0.25, 0.3) is 11.4 Å². The van der Waals surface area contributed by atoms with Crippen LogP contribution >= 0.6 is 11.8 Å². The highest BCUT2D eigenvalue weighted by molar-refractivity contribution is 8.00. The van der Waals surface area contributed by atoms with Gasteiger partial charge in [0.25, 0.3) is 0 Å². The lowest BCUT2D eigenvalue weighted by atomic mass is 10.0. The molecule has 0 unspecified atom stereocenters. The number of amides is 1. The van der Waals surface area contributed by atoms with E-state index in [4.69, 9.17) is 19.4 Å². The number of morpholine rings is 1. The third-order valence-corrected chi connectivity index (χ3v) is 8.62. The van der Waals surface area contributed by atoms with E-state index in [1.54, 1.807) is 12.1 Å². The Morgan fingerprint density at radius 2 is 1.71 bits per heavy atom. The third-order valence-electron chi connectivity index (χ3n) is 7.02. The van der Waals surface area contributed by atoms with E-state index in [2.05, 4.69) is 41.9 Å². The standard InChI is InChI=1S/C30H36N4O3S/c1-30(2,38-25-11-7-4-8-12-25)26-21-27(34-17-19-36-20-18-34)33-28(32-26)22-13-15-23(16-14-22)31-29(35)37-24-9-5-3-6-10-24/h3,5-6,9-10,13-16,21,25H,4,7-8,11-12,17-20H2,1-2H3,(H,31,35). The van der Waals surface area contributed by atoms with Crippen LogP contribution in [0.4, 0.5) is 16.3 Å². The summed E-state index contributed by atoms with van der Waals surface area (Å²) < 4.78 is 10.8. The largest absolute Gasteiger partial charge is 0.417 e. The van der Waals surface area contributed by atoms with Crippen molar-refractivity contribution in [2.24, 2.45) is 0 Å². The summed E-state index contributed by atoms with van der Waals surface area (Å²) in [7, 11) is 0. The van der Waals surface area contributed by atoms with Crippen LogP contribution in [0, 0.1) is 0 Å². The Morgan fingerprint density at radius 3 is 2.42 bits per heavy atom. The van der Waals surface area contributed by atoms with E-state index in [1.165, 1.54) is 32.1 Å². The number of anilines is 2. The van der Waals surface area contributed by atoms with E-state index in [1.807, 2.05) is 42.5 Å². The maximum Gasteiger partial charge on any atom is 0.417 e. The van der Waals surface area contributed by atoms with E-state index in [0.717, 1.165) is 30.2 Å². The number of carbonyl (C=O) groups excluding carboxylic acids is 1. The molecule has 0 radical (unpaired) electrons. The molecule has 1 saturated carbocycles. The number of ether oxygens (including phenoxy) is 2. The lowest BCUT2D eigenvalue weighted by molar-refractivity contribution is 0.122. The Morgan fingerprint density at radius 1 is 1.00 bits per heavy atom. The third kappa shape index (κ3) is 6.85. The topological polar surface area (TPSA) is 76.6 Å². The highest BCUT2D eigenvalue weighted by Crippen LogP contribution is 2.43. The first-order valence-electron chi connectivity index (χ1n) is 13.5. The molecule has 8 heteroatoms. The van der Waals surface area contributed by atoms with E-state index >= 15 is 0 Å². The second kappa shape index (κ2) is 12.2. The van der Waals surface area contributed by atoms with Gasteiger partial charge in [-0.15, -0.1) is 11.8 Å². The first kappa shape index (κ1) is 26.5. The minimum Gasteiger partial charge on any atom is -0.410 e. The van der Waals surface area contributed by atoms with Gasteiger partial charge >= 0.3 is 6.09 Å². The zero-order valence-electron chi connectivity index (χ0n) is 22.2. The van der Waals surface area contributed by atoms with Gasteiger partial charge in [-0.1, -0.05) is 37.5 Å². The molecule has 5 rings (SSSR count). The number of carbonyl (C=O) groups is 1. The molecule has 1 aliphatic heterocycles. The summed E-state index contributed by atoms with van der Waals surface area (Å²) in [5.74, 6) is 2.13. The number of hydrogen-bond donors (Lipinski definition) is 1. The fraction of sp³-hybridized carbons (Fsp3) is 0.433. The van der Waals surface area contributed by atoms with Crippen LogP contribution in [0.1, 0.15) is 51.6 Å². The van der Waals surface area contributed by atoms with E-state index in [-0.39, 0.29) is 4.75 Å². The van der Waals surface area contributed by atoms with Crippen LogP contribution in [0.5, 0.6) is 5.75 Å². The predicted molar refractivity (Wildman–Crippen MR) is 154 cm³/mol. The molecule has 38 heavy (non-hydrogen) atoms. The van der Waals surface area contributed by atoms with Crippen LogP contribution < -0.4 is 15.0 Å². The van der Waals surface area contributed by atoms with Crippen LogP contribution in [0.2, 0.25) is 0 Å². The molecular formula is C30H36N4O3S. The molecule has 2 heterocycles. The van der Waals surface area contributed by atoms with Gasteiger partial charge in [0.05, 0.1) is 23.7 Å². The van der Waals surface area contributed by atoms with E-state index in [0.29, 0.717) is 35.7 Å². The number of hydrogen-bond acceptors (Lipinski definition) is 7. The van der Waals surface area contributed by atoms with Gasteiger partial charge in [0.2, 0.25) is 0 Å². The minimum absolute atomic E-state index is 0.135. The number of thioether (sulfide) groups is 1. The molecule has 0 atom stereocenters. The number of para-hydroxylation sites is 1. The Hall–Kier alpha value is -3.10. The number of aromatic nitrogens is 2. The van der Waals surface area contributed by atoms with Crippen molar-refractivity contribution < 1.29 is 14.3 Å². The second-order valence-corrected chi connectivity index (χ2v) is 12.3. The fourth-order valence-corrected chi connectivity index (χ4v) is 6.56. The molecule has 3 aromatic rings. The molecule has 1 saturated heterocycles. The monoisotopic (exact) mass is 532 g/mol. The zero-order valence-corrected chi connectivity index (χ0v) is 23.0.